The van der Waals surface area contributed by atoms with E-state index < -0.39 is 36.3 Å². The Morgan fingerprint density at radius 1 is 0.753 bits per heavy atom. The van der Waals surface area contributed by atoms with E-state index in [1.807, 2.05) is 54.8 Å². The number of nitrogens with zero attached hydrogens (tertiary/aromatic N) is 5. The Balaban J connectivity index is 0.912. The predicted octanol–water partition coefficient (Wildman–Crippen LogP) is 8.35. The molecule has 0 radical (unpaired) electrons. The molecule has 1 unspecified atom stereocenters. The monoisotopic (exact) mass is 997 g/mol. The number of halogens is 1. The summed E-state index contributed by atoms with van der Waals surface area (Å²) in [5, 5.41) is 6.36. The first kappa shape index (κ1) is 47.9. The number of H-pyrrole nitrogens is 2. The summed E-state index contributed by atoms with van der Waals surface area (Å²) < 4.78 is 47.5. The van der Waals surface area contributed by atoms with Crippen LogP contribution in [0, 0.1) is 17.7 Å². The van der Waals surface area contributed by atoms with Crippen LogP contribution in [0.15, 0.2) is 67.0 Å². The van der Waals surface area contributed by atoms with E-state index in [0.717, 1.165) is 64.7 Å². The Bertz CT molecular complexity index is 3090. The van der Waals surface area contributed by atoms with Crippen molar-refractivity contribution in [3.63, 3.8) is 0 Å². The van der Waals surface area contributed by atoms with Gasteiger partial charge in [0, 0.05) is 48.4 Å². The SMILES string of the molecule is COC(=O)N[C@H](C(=O)N1CCC[C@H]1c1ncc(-c2ccc3c(c2)cc2n3C(c3ccc4c(c3)OCCC4)Oc3cc(-c4cnc([C@@H]5CCCN5C(=O)[C@@H](NC(=O)OC)C5CCOCC5)[nH]4)cc(F)c3-2)[nH]1)C(C)C. The number of imidazole rings is 2. The number of rotatable bonds is 11. The zero-order chi connectivity index (χ0) is 50.5. The molecule has 18 nitrogen and oxygen atoms in total. The first-order valence-electron chi connectivity index (χ1n) is 25.4. The van der Waals surface area contributed by atoms with Gasteiger partial charge in [-0.1, -0.05) is 32.0 Å². The maximum absolute atomic E-state index is 17.1. The summed E-state index contributed by atoms with van der Waals surface area (Å²) in [6.07, 6.45) is 7.45. The number of hydrogen-bond acceptors (Lipinski definition) is 11. The van der Waals surface area contributed by atoms with Gasteiger partial charge in [-0.3, -0.25) is 9.59 Å². The van der Waals surface area contributed by atoms with Crippen LogP contribution in [0.5, 0.6) is 11.5 Å². The zero-order valence-corrected chi connectivity index (χ0v) is 41.4. The predicted molar refractivity (Wildman–Crippen MR) is 266 cm³/mol. The Labute approximate surface area is 421 Å². The molecule has 0 saturated carbocycles. The average molecular weight is 998 g/mol. The average Bonchev–Trinajstić information content (AvgIpc) is 4.28. The lowest BCUT2D eigenvalue weighted by molar-refractivity contribution is -0.137. The summed E-state index contributed by atoms with van der Waals surface area (Å²) in [4.78, 5) is 72.7. The Kier molecular flexibility index (Phi) is 13.0. The first-order valence-corrected chi connectivity index (χ1v) is 25.4. The molecule has 5 aliphatic heterocycles. The van der Waals surface area contributed by atoms with Crippen LogP contribution in [-0.2, 0) is 30.2 Å². The number of nitrogens with one attached hydrogen (secondary N) is 4. The summed E-state index contributed by atoms with van der Waals surface area (Å²) in [5.41, 5.74) is 6.43. The minimum absolute atomic E-state index is 0.105. The van der Waals surface area contributed by atoms with Gasteiger partial charge in [-0.05, 0) is 105 Å². The molecule has 5 aliphatic rings. The lowest BCUT2D eigenvalue weighted by atomic mass is 9.90. The Hall–Kier alpha value is -7.41. The summed E-state index contributed by atoms with van der Waals surface area (Å²) in [5.74, 6) is 1.24. The number of hydrogen-bond donors (Lipinski definition) is 4. The number of likely N-dealkylation sites (tertiary alicyclic amines) is 2. The summed E-state index contributed by atoms with van der Waals surface area (Å²) >= 11 is 0. The second-order valence-electron chi connectivity index (χ2n) is 20.0. The number of alkyl carbamates (subject to hydrolysis) is 2. The fraction of sp³-hybridized carbons (Fsp3) is 0.444. The third-order valence-corrected chi connectivity index (χ3v) is 15.2. The normalized spacial score (nSPS) is 20.4. The van der Waals surface area contributed by atoms with Crippen molar-refractivity contribution >= 4 is 34.9 Å². The second kappa shape index (κ2) is 19.9. The van der Waals surface area contributed by atoms with Crippen LogP contribution in [0.4, 0.5) is 14.0 Å². The number of carbonyl (C=O) groups is 4. The van der Waals surface area contributed by atoms with Crippen molar-refractivity contribution < 1.29 is 47.3 Å². The van der Waals surface area contributed by atoms with Crippen LogP contribution < -0.4 is 20.1 Å². The van der Waals surface area contributed by atoms with E-state index in [0.29, 0.717) is 98.5 Å². The van der Waals surface area contributed by atoms with Gasteiger partial charge in [-0.15, -0.1) is 0 Å². The minimum atomic E-state index is -0.775. The summed E-state index contributed by atoms with van der Waals surface area (Å²) in [7, 11) is 2.56. The van der Waals surface area contributed by atoms with Crippen molar-refractivity contribution in [2.24, 2.45) is 11.8 Å². The van der Waals surface area contributed by atoms with E-state index in [1.54, 1.807) is 22.2 Å². The van der Waals surface area contributed by atoms with E-state index in [1.165, 1.54) is 20.3 Å². The van der Waals surface area contributed by atoms with Crippen LogP contribution in [0.2, 0.25) is 0 Å². The highest BCUT2D eigenvalue weighted by Crippen LogP contribution is 2.48. The van der Waals surface area contributed by atoms with E-state index in [-0.39, 0.29) is 35.7 Å². The van der Waals surface area contributed by atoms with Crippen molar-refractivity contribution in [1.29, 1.82) is 0 Å². The van der Waals surface area contributed by atoms with Gasteiger partial charge in [0.1, 0.15) is 41.0 Å². The topological polar surface area (TPSA) is 207 Å². The van der Waals surface area contributed by atoms with Crippen molar-refractivity contribution in [3.05, 3.63) is 95.6 Å². The van der Waals surface area contributed by atoms with Crippen LogP contribution in [0.1, 0.15) is 99.9 Å². The fourth-order valence-corrected chi connectivity index (χ4v) is 11.4. The first-order chi connectivity index (χ1) is 35.5. The zero-order valence-electron chi connectivity index (χ0n) is 41.4. The summed E-state index contributed by atoms with van der Waals surface area (Å²) in [6.45, 7) is 6.44. The molecule has 0 spiro atoms. The molecule has 3 saturated heterocycles. The number of amides is 4. The molecule has 0 aliphatic carbocycles. The van der Waals surface area contributed by atoms with E-state index in [9.17, 15) is 19.2 Å². The highest BCUT2D eigenvalue weighted by Gasteiger charge is 2.41. The largest absolute Gasteiger partial charge is 0.493 e. The number of methoxy groups -OCH3 is 2. The van der Waals surface area contributed by atoms with Crippen molar-refractivity contribution in [1.82, 2.24) is 44.9 Å². The van der Waals surface area contributed by atoms with Gasteiger partial charge in [0.25, 0.3) is 0 Å². The molecule has 19 heteroatoms. The van der Waals surface area contributed by atoms with E-state index in [2.05, 4.69) is 32.7 Å². The van der Waals surface area contributed by atoms with Crippen molar-refractivity contribution in [3.8, 4) is 45.3 Å². The fourth-order valence-electron chi connectivity index (χ4n) is 11.4. The molecule has 4 N–H and O–H groups in total. The van der Waals surface area contributed by atoms with Gasteiger partial charge in [-0.2, -0.15) is 0 Å². The van der Waals surface area contributed by atoms with Crippen LogP contribution in [0.25, 0.3) is 44.7 Å². The second-order valence-corrected chi connectivity index (χ2v) is 20.0. The van der Waals surface area contributed by atoms with Crippen molar-refractivity contribution in [2.75, 3.05) is 47.1 Å². The number of aromatic nitrogens is 5. The number of benzene rings is 3. The molecule has 3 aromatic heterocycles. The number of aromatic amines is 2. The number of fused-ring (bicyclic) bond motifs is 6. The quantitative estimate of drug-likeness (QED) is 0.0970. The Morgan fingerprint density at radius 2 is 1.44 bits per heavy atom. The van der Waals surface area contributed by atoms with Gasteiger partial charge < -0.3 is 58.7 Å². The molecule has 3 aromatic carbocycles. The van der Waals surface area contributed by atoms with Crippen LogP contribution in [-0.4, -0.2) is 118 Å². The molecule has 3 fully saturated rings. The van der Waals surface area contributed by atoms with Gasteiger partial charge >= 0.3 is 12.2 Å². The molecular weight excluding hydrogens is 938 g/mol. The lowest BCUT2D eigenvalue weighted by Crippen LogP contribution is -2.53. The Morgan fingerprint density at radius 3 is 2.14 bits per heavy atom. The maximum atomic E-state index is 17.1. The van der Waals surface area contributed by atoms with E-state index >= 15 is 4.39 Å². The lowest BCUT2D eigenvalue weighted by Gasteiger charge is -2.34. The highest BCUT2D eigenvalue weighted by atomic mass is 19.1. The van der Waals surface area contributed by atoms with Gasteiger partial charge in [0.2, 0.25) is 18.0 Å². The smallest absolute Gasteiger partial charge is 0.407 e. The molecular formula is C54H60FN9O9. The summed E-state index contributed by atoms with van der Waals surface area (Å²) in [6, 6.07) is 15.3. The van der Waals surface area contributed by atoms with Gasteiger partial charge in [0.05, 0.1) is 73.5 Å². The van der Waals surface area contributed by atoms with Crippen LogP contribution >= 0.6 is 0 Å². The molecule has 8 heterocycles. The standard InChI is InChI=1S/C54H60FN9O9/c1-29(2)46(60-53(67)69-3)50(65)62-17-5-9-40(62)48-56-27-37(58-48)32-13-14-39-35(22-32)24-42-45-36(55)23-34(26-44(45)73-52(64(39)42)33-12-11-30-8-7-19-72-43(30)25-33)38-28-57-49(59-38)41-10-6-18-63(41)51(66)47(61-54(68)70-4)31-15-20-71-21-16-31/h11-14,22-29,31,40-41,46-47,52H,5-10,15-21H2,1-4H3,(H,56,58)(H,57,59)(H,60,67)(H,61,68)/t40-,41-,46-,47-,52?/m0/s1. The minimum Gasteiger partial charge on any atom is -0.493 e. The van der Waals surface area contributed by atoms with Crippen molar-refractivity contribution in [2.45, 2.75) is 95.6 Å². The molecule has 11 rings (SSSR count). The number of ether oxygens (including phenoxy) is 5. The number of carbonyl (C=O) groups excluding carboxylic acids is 4. The molecule has 73 heavy (non-hydrogen) atoms. The number of aryl methyl sites for hydroxylation is 1. The van der Waals surface area contributed by atoms with Crippen LogP contribution in [0.3, 0.4) is 0 Å². The van der Waals surface area contributed by atoms with E-state index in [4.69, 9.17) is 33.7 Å². The third kappa shape index (κ3) is 9.01. The molecule has 6 aromatic rings. The van der Waals surface area contributed by atoms with Gasteiger partial charge in [0.15, 0.2) is 0 Å². The molecule has 4 amide bonds. The highest BCUT2D eigenvalue weighted by molar-refractivity contribution is 5.93. The molecule has 0 bridgehead atoms. The molecule has 382 valence electrons. The van der Waals surface area contributed by atoms with Gasteiger partial charge in [-0.25, -0.2) is 23.9 Å². The molecule has 5 atom stereocenters. The maximum Gasteiger partial charge on any atom is 0.407 e. The third-order valence-electron chi connectivity index (χ3n) is 15.2.